The van der Waals surface area contributed by atoms with Gasteiger partial charge in [-0.15, -0.1) is 11.3 Å². The fraction of sp³-hybridized carbons (Fsp3) is 0.671. The van der Waals surface area contributed by atoms with Crippen molar-refractivity contribution in [2.24, 2.45) is 35.3 Å². The van der Waals surface area contributed by atoms with Gasteiger partial charge in [0.25, 0.3) is 5.91 Å². The fourth-order valence-corrected chi connectivity index (χ4v) is 15.3. The molecular formula is C85H135N15O20S. The van der Waals surface area contributed by atoms with Gasteiger partial charge >= 0.3 is 12.1 Å². The lowest BCUT2D eigenvalue weighted by Crippen LogP contribution is -2.60. The molecule has 9 N–H and O–H groups in total. The Morgan fingerprint density at radius 3 is 1.84 bits per heavy atom. The van der Waals surface area contributed by atoms with Crippen LogP contribution in [0.5, 0.6) is 0 Å². The van der Waals surface area contributed by atoms with Crippen LogP contribution in [0.4, 0.5) is 15.3 Å². The lowest BCUT2D eigenvalue weighted by atomic mass is 9.89. The largest absolute Gasteiger partial charge is 0.431 e. The molecule has 12 atom stereocenters. The van der Waals surface area contributed by atoms with Crippen molar-refractivity contribution in [2.45, 2.75) is 201 Å². The van der Waals surface area contributed by atoms with Gasteiger partial charge in [-0.1, -0.05) is 118 Å². The monoisotopic (exact) mass is 1720 g/mol. The number of benzene rings is 2. The number of primary amides is 1. The van der Waals surface area contributed by atoms with E-state index in [1.165, 1.54) is 56.7 Å². The third kappa shape index (κ3) is 33.5. The minimum atomic E-state index is -1.56. The number of likely N-dealkylation sites (tertiary alicyclic amines) is 1. The molecule has 2 aromatic carbocycles. The Bertz CT molecular complexity index is 3740. The summed E-state index contributed by atoms with van der Waals surface area (Å²) >= 11 is 1.46. The number of piperazine rings is 1. The van der Waals surface area contributed by atoms with E-state index < -0.39 is 138 Å². The Balaban J connectivity index is 1.19. The zero-order valence-corrected chi connectivity index (χ0v) is 74.5. The van der Waals surface area contributed by atoms with Crippen LogP contribution in [0.15, 0.2) is 66.2 Å². The van der Waals surface area contributed by atoms with E-state index >= 15 is 4.79 Å². The molecule has 2 saturated heterocycles. The molecule has 2 fully saturated rings. The highest BCUT2D eigenvalue weighted by atomic mass is 32.1. The second-order valence-electron chi connectivity index (χ2n) is 31.7. The number of hydrogen-bond acceptors (Lipinski definition) is 23. The van der Waals surface area contributed by atoms with Gasteiger partial charge in [-0.2, -0.15) is 0 Å². The molecule has 2 aliphatic heterocycles. The van der Waals surface area contributed by atoms with Crippen molar-refractivity contribution >= 4 is 94.1 Å². The Kier molecular flexibility index (Phi) is 45.3. The molecule has 3 heterocycles. The predicted molar refractivity (Wildman–Crippen MR) is 455 cm³/mol. The summed E-state index contributed by atoms with van der Waals surface area (Å²) in [7, 11) is 7.98. The number of aromatic nitrogens is 1. The summed E-state index contributed by atoms with van der Waals surface area (Å²) in [5.41, 5.74) is 6.81. The van der Waals surface area contributed by atoms with E-state index in [2.05, 4.69) is 47.1 Å². The van der Waals surface area contributed by atoms with Crippen LogP contribution >= 0.6 is 11.3 Å². The maximum atomic E-state index is 15.2. The second-order valence-corrected chi connectivity index (χ2v) is 32.7. The smallest absolute Gasteiger partial charge is 0.411 e. The standard InChI is InChI=1S/C85H135N15O20S/c1-17-57(9)74(66(114-15)53-70(105)100-37-23-27-65(100)75(115-16)58(10)77(106)92-64(81-88-36-51-121-81)52-60-24-20-19-21-25-60)96(13)82(110)72(55(5)6)94-80(109)73(56(7)8)97(14)85(113)120-76(83(111)98-41-39-95(12)40-42-98)61-28-30-62(31-29-61)90-78(107)63(26-22-34-89-84(86)112)91-79(108)71(54(3)4)93-68(103)33-43-116-45-47-118-49-50-119-48-46-117-44-35-87-67(102)32-38-99(59(11)101)69(104)18-2/h19-21,24-25,28-31,36,51,54-58,63-66,71-76H,17-18,22-23,26-27,32-35,37-50,52-53H2,1-16H3,(H,87,102)(H,90,107)(H,91,108)(H,92,106)(H,93,103)(H,94,109)(H3,86,89,112)/t57-,58+,63-,64-,65-,66+,71?,72-,73?,74-,75+,76?/m0/s1. The molecule has 1 aromatic heterocycles. The van der Waals surface area contributed by atoms with Crippen LogP contribution in [0.3, 0.4) is 0 Å². The maximum absolute atomic E-state index is 15.2. The Morgan fingerprint density at radius 2 is 1.28 bits per heavy atom. The van der Waals surface area contributed by atoms with Crippen LogP contribution in [0.2, 0.25) is 0 Å². The van der Waals surface area contributed by atoms with Gasteiger partial charge in [0.15, 0.2) is 0 Å². The summed E-state index contributed by atoms with van der Waals surface area (Å²) < 4.78 is 40.6. The van der Waals surface area contributed by atoms with Crippen molar-refractivity contribution in [1.29, 1.82) is 0 Å². The summed E-state index contributed by atoms with van der Waals surface area (Å²) in [6.07, 6.45) is 0.192. The number of carbonyl (C=O) groups is 13. The van der Waals surface area contributed by atoms with E-state index in [9.17, 15) is 57.5 Å². The summed E-state index contributed by atoms with van der Waals surface area (Å²) in [5.74, 6) is -7.42. The molecule has 676 valence electrons. The van der Waals surface area contributed by atoms with Crippen LogP contribution in [-0.4, -0.2) is 301 Å². The highest BCUT2D eigenvalue weighted by Crippen LogP contribution is 2.32. The SMILES string of the molecule is CCC(=O)N(CCC(=O)NCCOCCOCCOCCOCCC(=O)NC(C(=O)N[C@@H](CCCNC(N)=O)C(=O)Nc1ccc(C(OC(=O)N(C)C(C(=O)N[C@H](C(=O)N(C)[C@@H]([C@@H](C)CC)[C@@H](CC(=O)N2CCC[C@H]2[C@H](OC)[C@@H](C)C(=O)N[C@@H](Cc2ccccc2)c2nccs2)OC)C(C)C)C(C)C)C(=O)N2CCN(C)CC2)cc1)C(C)C)C(C)=O. The normalized spacial score (nSPS) is 16.4. The van der Waals surface area contributed by atoms with Crippen LogP contribution in [0, 0.1) is 29.6 Å². The van der Waals surface area contributed by atoms with Gasteiger partial charge in [-0.05, 0) is 80.5 Å². The van der Waals surface area contributed by atoms with Crippen molar-refractivity contribution < 1.29 is 95.5 Å². The molecule has 2 aliphatic rings. The molecule has 36 heteroatoms. The van der Waals surface area contributed by atoms with Gasteiger partial charge in [0.2, 0.25) is 65.2 Å². The molecule has 0 radical (unpaired) electrons. The highest BCUT2D eigenvalue weighted by molar-refractivity contribution is 7.09. The third-order valence-electron chi connectivity index (χ3n) is 21.8. The molecule has 0 spiro atoms. The number of likely N-dealkylation sites (N-methyl/N-ethyl adjacent to an activating group) is 3. The first-order valence-electron chi connectivity index (χ1n) is 42.2. The van der Waals surface area contributed by atoms with Crippen molar-refractivity contribution in [3.05, 3.63) is 82.3 Å². The molecule has 121 heavy (non-hydrogen) atoms. The van der Waals surface area contributed by atoms with E-state index in [0.717, 1.165) is 20.4 Å². The van der Waals surface area contributed by atoms with Gasteiger partial charge in [-0.3, -0.25) is 62.5 Å². The summed E-state index contributed by atoms with van der Waals surface area (Å²) in [4.78, 5) is 191. The fourth-order valence-electron chi connectivity index (χ4n) is 14.7. The molecular weight excluding hydrogens is 1580 g/mol. The van der Waals surface area contributed by atoms with E-state index in [0.29, 0.717) is 58.4 Å². The molecule has 14 amide bonds. The lowest BCUT2D eigenvalue weighted by Gasteiger charge is -2.41. The number of imide groups is 1. The Hall–Kier alpha value is -9.30. The average Bonchev–Trinajstić information content (AvgIpc) is 1.79. The number of rotatable bonds is 53. The average molecular weight is 1720 g/mol. The summed E-state index contributed by atoms with van der Waals surface area (Å²) in [5, 5.41) is 22.3. The van der Waals surface area contributed by atoms with Gasteiger partial charge in [0.1, 0.15) is 29.2 Å². The second kappa shape index (κ2) is 53.6. The minimum absolute atomic E-state index is 0.00654. The van der Waals surface area contributed by atoms with Crippen molar-refractivity contribution in [2.75, 3.05) is 146 Å². The van der Waals surface area contributed by atoms with Gasteiger partial charge in [0.05, 0.1) is 95.5 Å². The summed E-state index contributed by atoms with van der Waals surface area (Å²) in [6, 6.07) is 8.88. The number of thiazole rings is 1. The molecule has 0 saturated carbocycles. The number of nitrogens with two attached hydrogens (primary N) is 1. The number of ether oxygens (including phenoxy) is 7. The number of urea groups is 1. The first-order chi connectivity index (χ1) is 57.7. The lowest BCUT2D eigenvalue weighted by molar-refractivity contribution is -0.148. The van der Waals surface area contributed by atoms with Gasteiger partial charge in [-0.25, -0.2) is 14.6 Å². The Labute approximate surface area is 717 Å². The molecule has 3 unspecified atom stereocenters. The molecule has 0 aliphatic carbocycles. The van der Waals surface area contributed by atoms with Gasteiger partial charge < -0.3 is 95.7 Å². The van der Waals surface area contributed by atoms with Gasteiger partial charge in [0, 0.05) is 130 Å². The van der Waals surface area contributed by atoms with Crippen LogP contribution < -0.4 is 43.0 Å². The van der Waals surface area contributed by atoms with Crippen molar-refractivity contribution in [1.82, 2.24) is 66.3 Å². The number of nitrogens with zero attached hydrogens (tertiary/aromatic N) is 7. The summed E-state index contributed by atoms with van der Waals surface area (Å²) in [6.45, 7) is 23.3. The third-order valence-corrected chi connectivity index (χ3v) is 22.6. The highest BCUT2D eigenvalue weighted by Gasteiger charge is 2.45. The van der Waals surface area contributed by atoms with Crippen LogP contribution in [0.25, 0.3) is 0 Å². The zero-order valence-electron chi connectivity index (χ0n) is 73.7. The van der Waals surface area contributed by atoms with Crippen molar-refractivity contribution in [3.8, 4) is 0 Å². The first kappa shape index (κ1) is 102. The van der Waals surface area contributed by atoms with E-state index in [1.54, 1.807) is 90.4 Å². The number of carbonyl (C=O) groups excluding carboxylic acids is 13. The number of anilines is 1. The van der Waals surface area contributed by atoms with E-state index in [1.807, 2.05) is 56.6 Å². The number of hydrogen-bond donors (Lipinski definition) is 8. The molecule has 35 nitrogen and oxygen atoms in total. The zero-order chi connectivity index (χ0) is 89.4. The van der Waals surface area contributed by atoms with E-state index in [4.69, 9.17) is 38.9 Å². The molecule has 0 bridgehead atoms. The van der Waals surface area contributed by atoms with E-state index in [-0.39, 0.29) is 152 Å². The molecule has 3 aromatic rings. The van der Waals surface area contributed by atoms with Crippen LogP contribution in [0.1, 0.15) is 162 Å². The number of nitrogens with one attached hydrogen (secondary N) is 7. The van der Waals surface area contributed by atoms with Crippen molar-refractivity contribution in [3.63, 3.8) is 0 Å². The predicted octanol–water partition coefficient (Wildman–Crippen LogP) is 4.97. The maximum Gasteiger partial charge on any atom is 0.411 e. The quantitative estimate of drug-likeness (QED) is 0.0346. The number of methoxy groups -OCH3 is 2. The number of amides is 14. The first-order valence-corrected chi connectivity index (χ1v) is 43.0. The Morgan fingerprint density at radius 1 is 0.653 bits per heavy atom. The van der Waals surface area contributed by atoms with Crippen LogP contribution in [-0.2, 0) is 92.3 Å². The topological polar surface area (TPSA) is 429 Å². The molecule has 5 rings (SSSR count). The minimum Gasteiger partial charge on any atom is -0.431 e.